The molecule has 0 atom stereocenters. The normalized spacial score (nSPS) is 14.6. The van der Waals surface area contributed by atoms with Crippen LogP contribution >= 0.6 is 0 Å². The summed E-state index contributed by atoms with van der Waals surface area (Å²) in [6.07, 6.45) is 4.71. The molecule has 36 heavy (non-hydrogen) atoms. The molecule has 0 bridgehead atoms. The number of carbonyl (C=O) groups is 1. The predicted molar refractivity (Wildman–Crippen MR) is 136 cm³/mol. The van der Waals surface area contributed by atoms with Gasteiger partial charge in [0, 0.05) is 35.8 Å². The van der Waals surface area contributed by atoms with E-state index in [4.69, 9.17) is 28.7 Å². The highest BCUT2D eigenvalue weighted by Crippen LogP contribution is 2.40. The molecule has 8 heteroatoms. The van der Waals surface area contributed by atoms with E-state index in [9.17, 15) is 4.79 Å². The fourth-order valence-electron chi connectivity index (χ4n) is 5.19. The van der Waals surface area contributed by atoms with Crippen LogP contribution < -0.4 is 23.7 Å². The molecule has 2 heterocycles. The van der Waals surface area contributed by atoms with E-state index in [0.717, 1.165) is 65.6 Å². The summed E-state index contributed by atoms with van der Waals surface area (Å²) in [4.78, 5) is 20.0. The SMILES string of the molecule is COc1cc2c(cc1OC)CN(C(=O)COc1c3c(nc4cc(OC)c(OC)cc14)CCCC3)CC2. The Bertz CT molecular complexity index is 1300. The molecule has 0 saturated heterocycles. The number of carbonyl (C=O) groups excluding carboxylic acids is 1. The first kappa shape index (κ1) is 24.0. The highest BCUT2D eigenvalue weighted by molar-refractivity contribution is 5.90. The van der Waals surface area contributed by atoms with Crippen molar-refractivity contribution in [3.8, 4) is 28.7 Å². The first-order valence-corrected chi connectivity index (χ1v) is 12.3. The topological polar surface area (TPSA) is 79.4 Å². The van der Waals surface area contributed by atoms with Gasteiger partial charge in [0.15, 0.2) is 29.6 Å². The van der Waals surface area contributed by atoms with Crippen LogP contribution in [-0.4, -0.2) is 57.4 Å². The number of nitrogens with zero attached hydrogens (tertiary/aromatic N) is 2. The van der Waals surface area contributed by atoms with Gasteiger partial charge in [-0.1, -0.05) is 0 Å². The lowest BCUT2D eigenvalue weighted by atomic mass is 9.93. The van der Waals surface area contributed by atoms with Gasteiger partial charge < -0.3 is 28.6 Å². The number of ether oxygens (including phenoxy) is 5. The van der Waals surface area contributed by atoms with Gasteiger partial charge in [0.2, 0.25) is 0 Å². The summed E-state index contributed by atoms with van der Waals surface area (Å²) in [5.41, 5.74) is 5.15. The molecular formula is C28H32N2O6. The van der Waals surface area contributed by atoms with Crippen molar-refractivity contribution in [1.29, 1.82) is 0 Å². The van der Waals surface area contributed by atoms with Crippen molar-refractivity contribution in [2.75, 3.05) is 41.6 Å². The summed E-state index contributed by atoms with van der Waals surface area (Å²) in [5, 5.41) is 0.835. The number of methoxy groups -OCH3 is 4. The molecule has 1 amide bonds. The summed E-state index contributed by atoms with van der Waals surface area (Å²) in [7, 11) is 6.47. The first-order valence-electron chi connectivity index (χ1n) is 12.3. The van der Waals surface area contributed by atoms with E-state index in [2.05, 4.69) is 0 Å². The Labute approximate surface area is 211 Å². The van der Waals surface area contributed by atoms with Crippen LogP contribution in [0.2, 0.25) is 0 Å². The Kier molecular flexibility index (Phi) is 6.76. The van der Waals surface area contributed by atoms with Crippen LogP contribution in [-0.2, 0) is 30.6 Å². The Morgan fingerprint density at radius 3 is 2.19 bits per heavy atom. The molecule has 190 valence electrons. The Balaban J connectivity index is 1.41. The number of aryl methyl sites for hydroxylation is 1. The molecule has 1 aliphatic heterocycles. The number of amides is 1. The molecule has 0 saturated carbocycles. The van der Waals surface area contributed by atoms with Gasteiger partial charge in [0.05, 0.1) is 34.0 Å². The summed E-state index contributed by atoms with van der Waals surface area (Å²) in [6.45, 7) is 1.10. The van der Waals surface area contributed by atoms with Crippen LogP contribution in [0.5, 0.6) is 28.7 Å². The molecule has 2 aromatic carbocycles. The van der Waals surface area contributed by atoms with E-state index in [0.29, 0.717) is 36.1 Å². The van der Waals surface area contributed by atoms with Gasteiger partial charge in [0.1, 0.15) is 5.75 Å². The lowest BCUT2D eigenvalue weighted by Crippen LogP contribution is -2.39. The zero-order valence-corrected chi connectivity index (χ0v) is 21.3. The van der Waals surface area contributed by atoms with Crippen LogP contribution in [0.1, 0.15) is 35.2 Å². The highest BCUT2D eigenvalue weighted by Gasteiger charge is 2.25. The second-order valence-corrected chi connectivity index (χ2v) is 9.13. The van der Waals surface area contributed by atoms with Crippen LogP contribution in [0.15, 0.2) is 24.3 Å². The van der Waals surface area contributed by atoms with Crippen molar-refractivity contribution >= 4 is 16.8 Å². The minimum Gasteiger partial charge on any atom is -0.493 e. The maximum Gasteiger partial charge on any atom is 0.260 e. The van der Waals surface area contributed by atoms with Crippen LogP contribution in [0.3, 0.4) is 0 Å². The van der Waals surface area contributed by atoms with Gasteiger partial charge in [-0.2, -0.15) is 0 Å². The van der Waals surface area contributed by atoms with Gasteiger partial charge in [-0.3, -0.25) is 9.78 Å². The number of fused-ring (bicyclic) bond motifs is 3. The van der Waals surface area contributed by atoms with Gasteiger partial charge >= 0.3 is 0 Å². The van der Waals surface area contributed by atoms with E-state index in [1.807, 2.05) is 29.2 Å². The smallest absolute Gasteiger partial charge is 0.260 e. The Hall–Kier alpha value is -3.68. The number of aromatic nitrogens is 1. The summed E-state index contributed by atoms with van der Waals surface area (Å²) < 4.78 is 28.2. The third-order valence-corrected chi connectivity index (χ3v) is 7.13. The Morgan fingerprint density at radius 2 is 1.47 bits per heavy atom. The zero-order chi connectivity index (χ0) is 25.2. The lowest BCUT2D eigenvalue weighted by molar-refractivity contribution is -0.134. The van der Waals surface area contributed by atoms with Crippen LogP contribution in [0.25, 0.3) is 10.9 Å². The molecule has 1 aromatic heterocycles. The minimum absolute atomic E-state index is 0.0392. The van der Waals surface area contributed by atoms with E-state index >= 15 is 0 Å². The van der Waals surface area contributed by atoms with Crippen molar-refractivity contribution in [2.45, 2.75) is 38.6 Å². The number of pyridine rings is 1. The third kappa shape index (κ3) is 4.36. The maximum absolute atomic E-state index is 13.3. The quantitative estimate of drug-likeness (QED) is 0.491. The van der Waals surface area contributed by atoms with Crippen LogP contribution in [0.4, 0.5) is 0 Å². The predicted octanol–water partition coefficient (Wildman–Crippen LogP) is 4.11. The summed E-state index contributed by atoms with van der Waals surface area (Å²) in [6, 6.07) is 7.73. The van der Waals surface area contributed by atoms with E-state index in [-0.39, 0.29) is 12.5 Å². The lowest BCUT2D eigenvalue weighted by Gasteiger charge is -2.30. The fourth-order valence-corrected chi connectivity index (χ4v) is 5.19. The maximum atomic E-state index is 13.3. The molecule has 0 N–H and O–H groups in total. The highest BCUT2D eigenvalue weighted by atomic mass is 16.5. The largest absolute Gasteiger partial charge is 0.493 e. The third-order valence-electron chi connectivity index (χ3n) is 7.13. The monoisotopic (exact) mass is 492 g/mol. The second-order valence-electron chi connectivity index (χ2n) is 9.13. The molecule has 2 aliphatic rings. The number of benzene rings is 2. The van der Waals surface area contributed by atoms with E-state index in [1.54, 1.807) is 28.4 Å². The van der Waals surface area contributed by atoms with Gasteiger partial charge in [-0.05, 0) is 61.4 Å². The van der Waals surface area contributed by atoms with Crippen molar-refractivity contribution in [3.05, 3.63) is 46.6 Å². The molecule has 0 radical (unpaired) electrons. The second kappa shape index (κ2) is 10.1. The van der Waals surface area contributed by atoms with Crippen molar-refractivity contribution in [3.63, 3.8) is 0 Å². The molecule has 3 aromatic rings. The average molecular weight is 493 g/mol. The molecule has 0 fully saturated rings. The fraction of sp³-hybridized carbons (Fsp3) is 0.429. The van der Waals surface area contributed by atoms with E-state index in [1.165, 1.54) is 5.56 Å². The molecule has 0 unspecified atom stereocenters. The van der Waals surface area contributed by atoms with E-state index < -0.39 is 0 Å². The van der Waals surface area contributed by atoms with Gasteiger partial charge in [-0.25, -0.2) is 0 Å². The number of hydrogen-bond donors (Lipinski definition) is 0. The van der Waals surface area contributed by atoms with Gasteiger partial charge in [0.25, 0.3) is 5.91 Å². The standard InChI is InChI=1S/C28H32N2O6/c1-32-23-11-17-9-10-30(15-18(17)12-24(23)33-2)27(31)16-36-28-19-7-5-6-8-21(19)29-22-14-26(35-4)25(34-3)13-20(22)28/h11-14H,5-10,15-16H2,1-4H3. The number of hydrogen-bond acceptors (Lipinski definition) is 7. The molecule has 1 aliphatic carbocycles. The zero-order valence-electron chi connectivity index (χ0n) is 21.3. The molecule has 8 nitrogen and oxygen atoms in total. The van der Waals surface area contributed by atoms with Crippen molar-refractivity contribution < 1.29 is 28.5 Å². The van der Waals surface area contributed by atoms with Crippen molar-refractivity contribution in [2.24, 2.45) is 0 Å². The van der Waals surface area contributed by atoms with Crippen LogP contribution in [0, 0.1) is 0 Å². The summed E-state index contributed by atoms with van der Waals surface area (Å²) in [5.74, 6) is 3.28. The summed E-state index contributed by atoms with van der Waals surface area (Å²) >= 11 is 0. The molecule has 0 spiro atoms. The molecular weight excluding hydrogens is 460 g/mol. The van der Waals surface area contributed by atoms with Crippen molar-refractivity contribution in [1.82, 2.24) is 9.88 Å². The van der Waals surface area contributed by atoms with Gasteiger partial charge in [-0.15, -0.1) is 0 Å². The minimum atomic E-state index is -0.0505. The number of rotatable bonds is 7. The Morgan fingerprint density at radius 1 is 0.833 bits per heavy atom. The first-order chi connectivity index (χ1) is 17.6. The average Bonchev–Trinajstić information content (AvgIpc) is 2.93. The molecule has 5 rings (SSSR count).